The molecule has 0 fully saturated rings. The number of aliphatic imine (C=N–C) groups is 1. The highest BCUT2D eigenvalue weighted by Crippen LogP contribution is 2.27. The molecule has 3 rings (SSSR count). The maximum atomic E-state index is 13.0. The van der Waals surface area contributed by atoms with Crippen molar-refractivity contribution in [1.82, 2.24) is 10.8 Å². The zero-order chi connectivity index (χ0) is 22.2. The summed E-state index contributed by atoms with van der Waals surface area (Å²) in [6.45, 7) is 0. The number of hydrogen-bond donors (Lipinski definition) is 3. The second-order valence-electron chi connectivity index (χ2n) is 7.32. The van der Waals surface area contributed by atoms with Crippen LogP contribution in [0.2, 0.25) is 0 Å². The summed E-state index contributed by atoms with van der Waals surface area (Å²) < 4.78 is 0. The number of anilines is 1. The van der Waals surface area contributed by atoms with Gasteiger partial charge in [0.15, 0.2) is 0 Å². The Morgan fingerprint density at radius 1 is 0.968 bits per heavy atom. The van der Waals surface area contributed by atoms with Crippen LogP contribution in [0.1, 0.15) is 43.2 Å². The SMILES string of the molecule is CN1C(=O)C(NC(=O)CCCCCC(=O)NO)N=C(c2ccccc2)c2ccccc21. The van der Waals surface area contributed by atoms with E-state index in [2.05, 4.69) is 10.3 Å². The molecule has 0 aromatic heterocycles. The van der Waals surface area contributed by atoms with E-state index in [9.17, 15) is 14.4 Å². The number of nitrogens with zero attached hydrogens (tertiary/aromatic N) is 2. The van der Waals surface area contributed by atoms with Gasteiger partial charge in [0, 0.05) is 31.0 Å². The number of hydroxylamine groups is 1. The third-order valence-corrected chi connectivity index (χ3v) is 5.12. The largest absolute Gasteiger partial charge is 0.327 e. The number of benzene rings is 2. The third-order valence-electron chi connectivity index (χ3n) is 5.12. The van der Waals surface area contributed by atoms with Gasteiger partial charge in [-0.3, -0.25) is 19.6 Å². The van der Waals surface area contributed by atoms with Crippen molar-refractivity contribution in [3.05, 3.63) is 65.7 Å². The lowest BCUT2D eigenvalue weighted by atomic mass is 10.0. The number of unbranched alkanes of at least 4 members (excludes halogenated alkanes) is 2. The van der Waals surface area contributed by atoms with Crippen molar-refractivity contribution >= 4 is 29.1 Å². The van der Waals surface area contributed by atoms with Crippen LogP contribution in [0.15, 0.2) is 59.6 Å². The summed E-state index contributed by atoms with van der Waals surface area (Å²) in [5.41, 5.74) is 4.65. The van der Waals surface area contributed by atoms with Gasteiger partial charge in [-0.05, 0) is 18.9 Å². The molecule has 3 amide bonds. The molecular weight excluding hydrogens is 396 g/mol. The highest BCUT2D eigenvalue weighted by molar-refractivity contribution is 6.20. The minimum absolute atomic E-state index is 0.201. The van der Waals surface area contributed by atoms with Crippen LogP contribution in [-0.4, -0.2) is 41.9 Å². The van der Waals surface area contributed by atoms with E-state index in [1.807, 2.05) is 54.6 Å². The van der Waals surface area contributed by atoms with Gasteiger partial charge in [0.25, 0.3) is 5.91 Å². The molecule has 0 saturated carbocycles. The molecule has 8 nitrogen and oxygen atoms in total. The molecule has 1 aliphatic heterocycles. The molecule has 0 aliphatic carbocycles. The first-order valence-electron chi connectivity index (χ1n) is 10.2. The van der Waals surface area contributed by atoms with Gasteiger partial charge in [-0.25, -0.2) is 10.5 Å². The molecule has 3 N–H and O–H groups in total. The zero-order valence-electron chi connectivity index (χ0n) is 17.4. The Kier molecular flexibility index (Phi) is 7.50. The van der Waals surface area contributed by atoms with E-state index < -0.39 is 12.1 Å². The standard InChI is InChI=1S/C23H26N4O4/c1-27-18-13-9-8-12-17(18)21(16-10-4-2-5-11-16)25-22(23(27)30)24-19(28)14-6-3-7-15-20(29)26-31/h2,4-5,8-13,22,31H,3,6-7,14-15H2,1H3,(H,24,28)(H,26,29). The van der Waals surface area contributed by atoms with Gasteiger partial charge in [-0.1, -0.05) is 55.0 Å². The average Bonchev–Trinajstić information content (AvgIpc) is 2.90. The fraction of sp³-hybridized carbons (Fsp3) is 0.304. The van der Waals surface area contributed by atoms with Crippen LogP contribution < -0.4 is 15.7 Å². The Hall–Kier alpha value is -3.52. The van der Waals surface area contributed by atoms with E-state index in [4.69, 9.17) is 5.21 Å². The Morgan fingerprint density at radius 3 is 2.32 bits per heavy atom. The van der Waals surface area contributed by atoms with Gasteiger partial charge in [0.1, 0.15) is 0 Å². The molecule has 1 unspecified atom stereocenters. The minimum Gasteiger partial charge on any atom is -0.327 e. The van der Waals surface area contributed by atoms with Crippen molar-refractivity contribution in [3.8, 4) is 0 Å². The summed E-state index contributed by atoms with van der Waals surface area (Å²) in [6, 6.07) is 17.1. The second kappa shape index (κ2) is 10.5. The number of carbonyl (C=O) groups is 3. The Labute approximate surface area is 180 Å². The molecule has 2 aromatic carbocycles. The van der Waals surface area contributed by atoms with Crippen molar-refractivity contribution in [2.45, 2.75) is 38.3 Å². The molecule has 31 heavy (non-hydrogen) atoms. The van der Waals surface area contributed by atoms with Gasteiger partial charge in [-0.2, -0.15) is 0 Å². The van der Waals surface area contributed by atoms with Crippen LogP contribution in [0.25, 0.3) is 0 Å². The number of carbonyl (C=O) groups excluding carboxylic acids is 3. The molecule has 0 bridgehead atoms. The lowest BCUT2D eigenvalue weighted by Gasteiger charge is -2.20. The Morgan fingerprint density at radius 2 is 1.61 bits per heavy atom. The van der Waals surface area contributed by atoms with Crippen LogP contribution in [-0.2, 0) is 14.4 Å². The molecule has 0 spiro atoms. The van der Waals surface area contributed by atoms with E-state index in [0.717, 1.165) is 16.8 Å². The first-order valence-corrected chi connectivity index (χ1v) is 10.2. The number of rotatable bonds is 8. The molecule has 1 heterocycles. The highest BCUT2D eigenvalue weighted by Gasteiger charge is 2.30. The number of amides is 3. The number of para-hydroxylation sites is 1. The number of nitrogens with one attached hydrogen (secondary N) is 2. The number of fused-ring (bicyclic) bond motifs is 1. The molecule has 162 valence electrons. The van der Waals surface area contributed by atoms with E-state index in [1.165, 1.54) is 4.90 Å². The third kappa shape index (κ3) is 5.55. The molecular formula is C23H26N4O4. The number of hydrogen-bond acceptors (Lipinski definition) is 5. The fourth-order valence-electron chi connectivity index (χ4n) is 3.47. The van der Waals surface area contributed by atoms with Crippen LogP contribution in [0, 0.1) is 0 Å². The molecule has 1 atom stereocenters. The van der Waals surface area contributed by atoms with E-state index >= 15 is 0 Å². The summed E-state index contributed by atoms with van der Waals surface area (Å²) >= 11 is 0. The first-order chi connectivity index (χ1) is 15.0. The van der Waals surface area contributed by atoms with E-state index in [0.29, 0.717) is 25.0 Å². The van der Waals surface area contributed by atoms with Crippen molar-refractivity contribution < 1.29 is 19.6 Å². The number of benzodiazepines with no additional fused rings is 1. The molecule has 1 aliphatic rings. The summed E-state index contributed by atoms with van der Waals surface area (Å²) in [7, 11) is 1.68. The normalized spacial score (nSPS) is 15.5. The first kappa shape index (κ1) is 22.2. The molecule has 2 aromatic rings. The van der Waals surface area contributed by atoms with E-state index in [1.54, 1.807) is 12.5 Å². The van der Waals surface area contributed by atoms with Gasteiger partial charge < -0.3 is 10.2 Å². The predicted octanol–water partition coefficient (Wildman–Crippen LogP) is 2.40. The predicted molar refractivity (Wildman–Crippen MR) is 117 cm³/mol. The molecule has 0 radical (unpaired) electrons. The van der Waals surface area contributed by atoms with Crippen molar-refractivity contribution in [1.29, 1.82) is 0 Å². The summed E-state index contributed by atoms with van der Waals surface area (Å²) in [5.74, 6) is -1.04. The van der Waals surface area contributed by atoms with Crippen molar-refractivity contribution in [2.24, 2.45) is 4.99 Å². The lowest BCUT2D eigenvalue weighted by molar-refractivity contribution is -0.129. The number of likely N-dealkylation sites (N-methyl/N-ethyl adjacent to an activating group) is 1. The van der Waals surface area contributed by atoms with Crippen molar-refractivity contribution in [2.75, 3.05) is 11.9 Å². The maximum Gasteiger partial charge on any atom is 0.272 e. The zero-order valence-corrected chi connectivity index (χ0v) is 17.4. The molecule has 8 heteroatoms. The van der Waals surface area contributed by atoms with Crippen LogP contribution >= 0.6 is 0 Å². The van der Waals surface area contributed by atoms with Gasteiger partial charge in [-0.15, -0.1) is 0 Å². The maximum absolute atomic E-state index is 13.0. The van der Waals surface area contributed by atoms with Gasteiger partial charge in [0.05, 0.1) is 11.4 Å². The van der Waals surface area contributed by atoms with Crippen LogP contribution in [0.4, 0.5) is 5.69 Å². The second-order valence-corrected chi connectivity index (χ2v) is 7.32. The fourth-order valence-corrected chi connectivity index (χ4v) is 3.47. The topological polar surface area (TPSA) is 111 Å². The smallest absolute Gasteiger partial charge is 0.272 e. The van der Waals surface area contributed by atoms with Crippen LogP contribution in [0.3, 0.4) is 0 Å². The summed E-state index contributed by atoms with van der Waals surface area (Å²) in [6.07, 6.45) is 1.18. The van der Waals surface area contributed by atoms with Crippen LogP contribution in [0.5, 0.6) is 0 Å². The van der Waals surface area contributed by atoms with Crippen molar-refractivity contribution in [3.63, 3.8) is 0 Å². The van der Waals surface area contributed by atoms with E-state index in [-0.39, 0.29) is 24.7 Å². The average molecular weight is 422 g/mol. The highest BCUT2D eigenvalue weighted by atomic mass is 16.5. The quantitative estimate of drug-likeness (QED) is 0.345. The summed E-state index contributed by atoms with van der Waals surface area (Å²) in [4.78, 5) is 42.7. The van der Waals surface area contributed by atoms with Gasteiger partial charge in [0.2, 0.25) is 18.0 Å². The lowest BCUT2D eigenvalue weighted by Crippen LogP contribution is -2.46. The minimum atomic E-state index is -1.03. The summed E-state index contributed by atoms with van der Waals surface area (Å²) in [5, 5.41) is 11.2. The Balaban J connectivity index is 1.75. The van der Waals surface area contributed by atoms with Gasteiger partial charge >= 0.3 is 0 Å². The molecule has 0 saturated heterocycles. The Bertz CT molecular complexity index is 975. The monoisotopic (exact) mass is 422 g/mol.